The van der Waals surface area contributed by atoms with Crippen LogP contribution in [0.15, 0.2) is 132 Å². The number of allylic oxidation sites excluding steroid dienone is 6. The fraction of sp³-hybridized carbons (Fsp3) is 0.154. The summed E-state index contributed by atoms with van der Waals surface area (Å²) < 4.78 is 0. The Bertz CT molecular complexity index is 2970. The van der Waals surface area contributed by atoms with Gasteiger partial charge in [0.05, 0.1) is 22.8 Å². The molecule has 2 aliphatic carbocycles. The maximum absolute atomic E-state index is 13.4. The lowest BCUT2D eigenvalue weighted by molar-refractivity contribution is -0.298. The van der Waals surface area contributed by atoms with Crippen LogP contribution in [0.4, 0.5) is 0 Å². The van der Waals surface area contributed by atoms with Gasteiger partial charge in [-0.05, 0) is 93.8 Å². The summed E-state index contributed by atoms with van der Waals surface area (Å²) >= 11 is 0. The Hall–Kier alpha value is -7.32. The number of fused-ring (bicyclic) bond motifs is 8. The summed E-state index contributed by atoms with van der Waals surface area (Å²) in [5, 5.41) is 28.2. The normalized spacial score (nSPS) is 17.4. The number of carbonyl (C=O) groups is 2. The van der Waals surface area contributed by atoms with Gasteiger partial charge in [0, 0.05) is 54.8 Å². The molecule has 2 aromatic carbocycles. The first-order valence-corrected chi connectivity index (χ1v) is 20.0. The van der Waals surface area contributed by atoms with Crippen LogP contribution in [0.1, 0.15) is 64.3 Å². The fourth-order valence-corrected chi connectivity index (χ4v) is 8.24. The highest BCUT2D eigenvalue weighted by Gasteiger charge is 2.28. The zero-order chi connectivity index (χ0) is 42.1. The third kappa shape index (κ3) is 6.70. The number of aromatic amines is 2. The van der Waals surface area contributed by atoms with Crippen molar-refractivity contribution in [2.75, 3.05) is 0 Å². The molecule has 0 saturated heterocycles. The topological polar surface area (TPSA) is 138 Å². The molecule has 3 aromatic heterocycles. The van der Waals surface area contributed by atoms with Crippen LogP contribution in [0.2, 0.25) is 0 Å². The lowest BCUT2D eigenvalue weighted by atomic mass is 9.79. The van der Waals surface area contributed by atoms with Gasteiger partial charge in [0.1, 0.15) is 0 Å². The standard InChI is InChI=1S/C52H44N4O4/c1-51(2,3)33-25-31(27-43(57)49(33)59)47-39-21-17-35(53-39)45(29-13-9-7-10-14-29)37-19-23-41(55-37)48(32-26-34(52(4,5)6)50(60)44(58)28-32)42-24-20-38(56-42)46(30-15-11-8-12-16-30)36-18-22-40(47)54-36/h7-28,53,56-58H,1-6H3/p-2/b45-37?,46-36?,47-31+,48-32-. The van der Waals surface area contributed by atoms with Gasteiger partial charge in [-0.1, -0.05) is 126 Å². The monoisotopic (exact) mass is 786 g/mol. The lowest BCUT2D eigenvalue weighted by Crippen LogP contribution is -2.28. The Morgan fingerprint density at radius 1 is 0.450 bits per heavy atom. The second kappa shape index (κ2) is 14.2. The molecule has 0 atom stereocenters. The van der Waals surface area contributed by atoms with Crippen molar-refractivity contribution in [3.63, 3.8) is 0 Å². The molecule has 9 rings (SSSR count). The Morgan fingerprint density at radius 3 is 1.17 bits per heavy atom. The molecule has 5 heterocycles. The molecule has 8 heteroatoms. The Kier molecular flexibility index (Phi) is 9.04. The van der Waals surface area contributed by atoms with Crippen molar-refractivity contribution in [2.45, 2.75) is 41.5 Å². The van der Waals surface area contributed by atoms with Crippen molar-refractivity contribution < 1.29 is 19.8 Å². The summed E-state index contributed by atoms with van der Waals surface area (Å²) in [6, 6.07) is 27.9. The first kappa shape index (κ1) is 38.2. The van der Waals surface area contributed by atoms with Gasteiger partial charge in [-0.3, -0.25) is 9.59 Å². The highest BCUT2D eigenvalue weighted by molar-refractivity contribution is 6.13. The number of hydrogen-bond acceptors (Lipinski definition) is 6. The molecule has 8 bridgehead atoms. The second-order valence-electron chi connectivity index (χ2n) is 17.4. The summed E-state index contributed by atoms with van der Waals surface area (Å²) in [4.78, 5) is 44.5. The van der Waals surface area contributed by atoms with E-state index in [1.54, 1.807) is 0 Å². The molecule has 8 nitrogen and oxygen atoms in total. The van der Waals surface area contributed by atoms with Crippen LogP contribution in [0.3, 0.4) is 0 Å². The van der Waals surface area contributed by atoms with E-state index in [0.29, 0.717) is 66.5 Å². The molecular weight excluding hydrogens is 745 g/mol. The van der Waals surface area contributed by atoms with Crippen molar-refractivity contribution in [2.24, 2.45) is 10.8 Å². The first-order chi connectivity index (χ1) is 28.7. The number of nitrogens with one attached hydrogen (secondary N) is 2. The van der Waals surface area contributed by atoms with Crippen LogP contribution in [0, 0.1) is 10.8 Å². The summed E-state index contributed by atoms with van der Waals surface area (Å²) in [6.07, 6.45) is 14.3. The van der Waals surface area contributed by atoms with Gasteiger partial charge in [0.2, 0.25) is 0 Å². The fourth-order valence-electron chi connectivity index (χ4n) is 8.24. The van der Waals surface area contributed by atoms with Crippen molar-refractivity contribution >= 4 is 69.1 Å². The predicted molar refractivity (Wildman–Crippen MR) is 237 cm³/mol. The molecule has 60 heavy (non-hydrogen) atoms. The minimum absolute atomic E-state index is 0.430. The predicted octanol–water partition coefficient (Wildman–Crippen LogP) is 7.89. The minimum Gasteiger partial charge on any atom is -0.870 e. The Labute approximate surface area is 347 Å². The van der Waals surface area contributed by atoms with Gasteiger partial charge in [-0.15, -0.1) is 0 Å². The van der Waals surface area contributed by atoms with Crippen molar-refractivity contribution in [1.82, 2.24) is 19.9 Å². The molecular formula is C52H42N4O4-2. The molecule has 0 fully saturated rings. The third-order valence-corrected chi connectivity index (χ3v) is 11.2. The van der Waals surface area contributed by atoms with E-state index in [1.807, 2.05) is 163 Å². The van der Waals surface area contributed by atoms with Crippen LogP contribution >= 0.6 is 0 Å². The molecule has 2 N–H and O–H groups in total. The van der Waals surface area contributed by atoms with Crippen molar-refractivity contribution in [1.29, 1.82) is 0 Å². The van der Waals surface area contributed by atoms with Crippen LogP contribution in [-0.2, 0) is 9.59 Å². The van der Waals surface area contributed by atoms with E-state index in [9.17, 15) is 19.8 Å². The third-order valence-electron chi connectivity index (χ3n) is 11.2. The number of ketones is 2. The van der Waals surface area contributed by atoms with E-state index in [-0.39, 0.29) is 0 Å². The Morgan fingerprint density at radius 2 is 0.800 bits per heavy atom. The molecule has 2 aliphatic heterocycles. The smallest absolute Gasteiger partial charge is 0.174 e. The quantitative estimate of drug-likeness (QED) is 0.183. The number of hydrogen-bond donors (Lipinski definition) is 2. The van der Waals surface area contributed by atoms with E-state index >= 15 is 0 Å². The summed E-state index contributed by atoms with van der Waals surface area (Å²) in [7, 11) is 0. The summed E-state index contributed by atoms with van der Waals surface area (Å²) in [5.74, 6) is -2.17. The van der Waals surface area contributed by atoms with Crippen LogP contribution < -0.4 is 20.7 Å². The summed E-state index contributed by atoms with van der Waals surface area (Å²) in [5.41, 5.74) is 9.86. The molecule has 0 radical (unpaired) electrons. The molecule has 4 aliphatic rings. The minimum atomic E-state index is -0.581. The number of rotatable bonds is 2. The van der Waals surface area contributed by atoms with E-state index in [4.69, 9.17) is 9.97 Å². The van der Waals surface area contributed by atoms with Crippen LogP contribution in [0.5, 0.6) is 0 Å². The van der Waals surface area contributed by atoms with Gasteiger partial charge in [0.25, 0.3) is 0 Å². The van der Waals surface area contributed by atoms with Crippen molar-refractivity contribution in [3.05, 3.63) is 165 Å². The molecule has 0 unspecified atom stereocenters. The van der Waals surface area contributed by atoms with Crippen LogP contribution in [0.25, 0.3) is 79.8 Å². The molecule has 0 spiro atoms. The number of H-pyrrole nitrogens is 2. The van der Waals surface area contributed by atoms with Gasteiger partial charge in [-0.25, -0.2) is 9.97 Å². The first-order valence-electron chi connectivity index (χ1n) is 20.0. The highest BCUT2D eigenvalue weighted by atomic mass is 16.3. The largest absolute Gasteiger partial charge is 0.870 e. The van der Waals surface area contributed by atoms with Crippen LogP contribution in [-0.4, -0.2) is 31.5 Å². The molecule has 5 aromatic rings. The second-order valence-corrected chi connectivity index (χ2v) is 17.4. The van der Waals surface area contributed by atoms with Gasteiger partial charge in [0.15, 0.2) is 11.6 Å². The van der Waals surface area contributed by atoms with E-state index < -0.39 is 33.9 Å². The highest BCUT2D eigenvalue weighted by Crippen LogP contribution is 2.35. The van der Waals surface area contributed by atoms with Gasteiger partial charge >= 0.3 is 0 Å². The van der Waals surface area contributed by atoms with E-state index in [0.717, 1.165) is 33.3 Å². The maximum Gasteiger partial charge on any atom is 0.174 e. The zero-order valence-electron chi connectivity index (χ0n) is 34.2. The zero-order valence-corrected chi connectivity index (χ0v) is 34.2. The van der Waals surface area contributed by atoms with Crippen molar-refractivity contribution in [3.8, 4) is 22.3 Å². The number of aromatic nitrogens is 4. The summed E-state index contributed by atoms with van der Waals surface area (Å²) in [6.45, 7) is 11.6. The molecule has 0 amide bonds. The average molecular weight is 787 g/mol. The Balaban J connectivity index is 1.53. The number of benzene rings is 2. The number of nitrogens with zero attached hydrogens (tertiary/aromatic N) is 2. The number of Topliss-reactive ketones (excluding diaryl/α,β-unsaturated/α-hetero) is 2. The van der Waals surface area contributed by atoms with E-state index in [1.165, 1.54) is 12.2 Å². The molecule has 296 valence electrons. The van der Waals surface area contributed by atoms with E-state index in [2.05, 4.69) is 9.97 Å². The van der Waals surface area contributed by atoms with Gasteiger partial charge < -0.3 is 20.2 Å². The molecule has 0 saturated carbocycles. The maximum atomic E-state index is 13.4. The SMILES string of the molecule is CC(C)(C)C1=C/C(=c2\c3nc(c(-c4ccccc4)c4ccc([nH]4)/c(=C4\C=C([O-])C(=O)C(C(C)(C)C)=C4)c4nc(c(-c5ccccc5)c5ccc2[nH]5)C=C4)C=C3)C=C([O-])C1=O. The lowest BCUT2D eigenvalue weighted by Gasteiger charge is -2.28. The number of carbonyl (C=O) groups excluding carboxylic acids is 2. The van der Waals surface area contributed by atoms with Gasteiger partial charge in [-0.2, -0.15) is 0 Å². The average Bonchev–Trinajstić information content (AvgIpc) is 4.05.